The van der Waals surface area contributed by atoms with E-state index >= 15 is 0 Å². The SMILES string of the molecule is CCCCCCCOc1ccc(C(=O)Oc2ccc(CC(NC(=O)c3ccc(NC(=O)Cc4ccccc4OC(F)(F)F)cc3)C(=O)O)cc2)cc1. The number of esters is 1. The molecule has 4 aromatic rings. The predicted molar refractivity (Wildman–Crippen MR) is 187 cm³/mol. The van der Waals surface area contributed by atoms with Crippen molar-refractivity contribution in [1.29, 1.82) is 0 Å². The maximum Gasteiger partial charge on any atom is 0.573 e. The third-order valence-corrected chi connectivity index (χ3v) is 7.76. The number of halogens is 3. The van der Waals surface area contributed by atoms with Crippen LogP contribution in [0.2, 0.25) is 0 Å². The summed E-state index contributed by atoms with van der Waals surface area (Å²) in [6, 6.07) is 22.4. The summed E-state index contributed by atoms with van der Waals surface area (Å²) >= 11 is 0. The van der Waals surface area contributed by atoms with Crippen molar-refractivity contribution in [2.75, 3.05) is 11.9 Å². The number of carboxylic acids is 1. The van der Waals surface area contributed by atoms with Crippen molar-refractivity contribution in [2.45, 2.75) is 64.3 Å². The smallest absolute Gasteiger partial charge is 0.494 e. The summed E-state index contributed by atoms with van der Waals surface area (Å²) in [5.74, 6) is -2.71. The van der Waals surface area contributed by atoms with Crippen LogP contribution in [-0.4, -0.2) is 47.9 Å². The highest BCUT2D eigenvalue weighted by atomic mass is 19.4. The Morgan fingerprint density at radius 3 is 2.06 bits per heavy atom. The van der Waals surface area contributed by atoms with E-state index in [1.807, 2.05) is 0 Å². The van der Waals surface area contributed by atoms with Crippen LogP contribution in [0.3, 0.4) is 0 Å². The van der Waals surface area contributed by atoms with Crippen molar-refractivity contribution in [3.63, 3.8) is 0 Å². The summed E-state index contributed by atoms with van der Waals surface area (Å²) in [6.45, 7) is 2.77. The molecule has 10 nitrogen and oxygen atoms in total. The van der Waals surface area contributed by atoms with Gasteiger partial charge in [-0.2, -0.15) is 0 Å². The quantitative estimate of drug-likeness (QED) is 0.0539. The number of unbranched alkanes of at least 4 members (excludes halogenated alkanes) is 4. The van der Waals surface area contributed by atoms with Crippen LogP contribution in [-0.2, 0) is 22.4 Å². The van der Waals surface area contributed by atoms with Crippen molar-refractivity contribution in [2.24, 2.45) is 0 Å². The van der Waals surface area contributed by atoms with Gasteiger partial charge < -0.3 is 30.0 Å². The highest BCUT2D eigenvalue weighted by Crippen LogP contribution is 2.27. The fourth-order valence-electron chi connectivity index (χ4n) is 5.08. The van der Waals surface area contributed by atoms with E-state index in [0.717, 1.165) is 18.9 Å². The Kier molecular flexibility index (Phi) is 14.2. The van der Waals surface area contributed by atoms with Gasteiger partial charge in [-0.05, 0) is 78.7 Å². The molecule has 274 valence electrons. The average molecular weight is 721 g/mol. The van der Waals surface area contributed by atoms with Crippen LogP contribution in [0.5, 0.6) is 17.2 Å². The fourth-order valence-corrected chi connectivity index (χ4v) is 5.08. The normalized spacial score (nSPS) is 11.6. The van der Waals surface area contributed by atoms with Gasteiger partial charge in [0, 0.05) is 23.2 Å². The van der Waals surface area contributed by atoms with Gasteiger partial charge in [0.1, 0.15) is 23.3 Å². The molecule has 0 fully saturated rings. The molecule has 52 heavy (non-hydrogen) atoms. The minimum Gasteiger partial charge on any atom is -0.494 e. The number of ether oxygens (including phenoxy) is 3. The second-order valence-electron chi connectivity index (χ2n) is 11.8. The fraction of sp³-hybridized carbons (Fsp3) is 0.282. The lowest BCUT2D eigenvalue weighted by Crippen LogP contribution is -2.42. The zero-order chi connectivity index (χ0) is 37.5. The van der Waals surface area contributed by atoms with Crippen LogP contribution in [0.25, 0.3) is 0 Å². The average Bonchev–Trinajstić information content (AvgIpc) is 3.11. The number of rotatable bonds is 18. The summed E-state index contributed by atoms with van der Waals surface area (Å²) < 4.78 is 53.3. The number of carbonyl (C=O) groups is 4. The molecule has 0 heterocycles. The molecule has 0 aliphatic rings. The Balaban J connectivity index is 1.25. The molecule has 0 aromatic heterocycles. The number of carboxylic acid groups (broad SMARTS) is 1. The Morgan fingerprint density at radius 2 is 1.40 bits per heavy atom. The largest absolute Gasteiger partial charge is 0.573 e. The molecular formula is C39H39F3N2O8. The second kappa shape index (κ2) is 18.9. The molecule has 0 aliphatic heterocycles. The Bertz CT molecular complexity index is 1790. The molecule has 3 N–H and O–H groups in total. The number of amides is 2. The number of alkyl halides is 3. The Labute approximate surface area is 298 Å². The number of anilines is 1. The molecule has 13 heteroatoms. The first-order valence-electron chi connectivity index (χ1n) is 16.7. The standard InChI is InChI=1S/C39H39F3N2O8/c1-2-3-4-5-8-23-50-31-21-15-28(16-22-31)38(49)51-32-19-11-26(12-20-32)24-33(37(47)48)44-36(46)27-13-17-30(18-14-27)43-35(45)25-29-9-6-7-10-34(29)52-39(40,41)42/h6-7,9-22,33H,2-5,8,23-25H2,1H3,(H,43,45)(H,44,46)(H,47,48). The Hall–Kier alpha value is -5.85. The lowest BCUT2D eigenvalue weighted by atomic mass is 10.0. The van der Waals surface area contributed by atoms with Crippen LogP contribution < -0.4 is 24.8 Å². The molecule has 0 spiro atoms. The van der Waals surface area contributed by atoms with Crippen molar-refractivity contribution in [3.05, 3.63) is 119 Å². The number of hydrogen-bond acceptors (Lipinski definition) is 7. The first-order valence-corrected chi connectivity index (χ1v) is 16.7. The first kappa shape index (κ1) is 38.9. The molecule has 0 saturated carbocycles. The highest BCUT2D eigenvalue weighted by molar-refractivity contribution is 5.98. The maximum absolute atomic E-state index is 12.9. The van der Waals surface area contributed by atoms with E-state index in [1.165, 1.54) is 73.9 Å². The van der Waals surface area contributed by atoms with Gasteiger partial charge in [0.15, 0.2) is 0 Å². The summed E-state index contributed by atoms with van der Waals surface area (Å²) in [4.78, 5) is 50.0. The number of hydrogen-bond donors (Lipinski definition) is 3. The first-order chi connectivity index (χ1) is 24.9. The molecule has 1 atom stereocenters. The molecular weight excluding hydrogens is 681 g/mol. The van der Waals surface area contributed by atoms with E-state index in [2.05, 4.69) is 22.3 Å². The van der Waals surface area contributed by atoms with Crippen LogP contribution >= 0.6 is 0 Å². The van der Waals surface area contributed by atoms with Gasteiger partial charge in [0.2, 0.25) is 5.91 Å². The lowest BCUT2D eigenvalue weighted by Gasteiger charge is -2.15. The van der Waals surface area contributed by atoms with Gasteiger partial charge in [-0.3, -0.25) is 9.59 Å². The van der Waals surface area contributed by atoms with Gasteiger partial charge >= 0.3 is 18.3 Å². The van der Waals surface area contributed by atoms with Gasteiger partial charge in [0.25, 0.3) is 5.91 Å². The van der Waals surface area contributed by atoms with Crippen molar-refractivity contribution >= 4 is 29.4 Å². The molecule has 2 amide bonds. The third kappa shape index (κ3) is 12.8. The summed E-state index contributed by atoms with van der Waals surface area (Å²) in [5, 5.41) is 14.8. The van der Waals surface area contributed by atoms with E-state index in [9.17, 15) is 37.5 Å². The van der Waals surface area contributed by atoms with Crippen molar-refractivity contribution < 1.29 is 51.7 Å². The topological polar surface area (TPSA) is 140 Å². The van der Waals surface area contributed by atoms with Gasteiger partial charge in [-0.25, -0.2) is 9.59 Å². The highest BCUT2D eigenvalue weighted by Gasteiger charge is 2.32. The van der Waals surface area contributed by atoms with E-state index in [4.69, 9.17) is 9.47 Å². The molecule has 0 aliphatic carbocycles. The lowest BCUT2D eigenvalue weighted by molar-refractivity contribution is -0.274. The van der Waals surface area contributed by atoms with Crippen LogP contribution in [0.15, 0.2) is 97.1 Å². The zero-order valence-corrected chi connectivity index (χ0v) is 28.4. The molecule has 4 rings (SSSR count). The van der Waals surface area contributed by atoms with E-state index in [1.54, 1.807) is 36.4 Å². The second-order valence-corrected chi connectivity index (χ2v) is 11.8. The van der Waals surface area contributed by atoms with E-state index < -0.39 is 48.3 Å². The van der Waals surface area contributed by atoms with Crippen LogP contribution in [0, 0.1) is 0 Å². The van der Waals surface area contributed by atoms with E-state index in [-0.39, 0.29) is 29.0 Å². The maximum atomic E-state index is 12.9. The molecule has 0 saturated heterocycles. The minimum absolute atomic E-state index is 0.0269. The minimum atomic E-state index is -4.92. The number of aliphatic carboxylic acids is 1. The van der Waals surface area contributed by atoms with Gasteiger partial charge in [-0.15, -0.1) is 13.2 Å². The van der Waals surface area contributed by atoms with Crippen molar-refractivity contribution in [3.8, 4) is 17.2 Å². The zero-order valence-electron chi connectivity index (χ0n) is 28.4. The van der Waals surface area contributed by atoms with E-state index in [0.29, 0.717) is 23.5 Å². The Morgan fingerprint density at radius 1 is 0.769 bits per heavy atom. The summed E-state index contributed by atoms with van der Waals surface area (Å²) in [6.07, 6.45) is 0.272. The number of carbonyl (C=O) groups excluding carboxylic acids is 3. The number of nitrogens with one attached hydrogen (secondary N) is 2. The number of para-hydroxylation sites is 1. The molecule has 0 radical (unpaired) electrons. The van der Waals surface area contributed by atoms with Gasteiger partial charge in [0.05, 0.1) is 18.6 Å². The predicted octanol–water partition coefficient (Wildman–Crippen LogP) is 7.76. The van der Waals surface area contributed by atoms with Crippen LogP contribution in [0.4, 0.5) is 18.9 Å². The van der Waals surface area contributed by atoms with Gasteiger partial charge in [-0.1, -0.05) is 62.9 Å². The molecule has 4 aromatic carbocycles. The molecule has 1 unspecified atom stereocenters. The summed E-state index contributed by atoms with van der Waals surface area (Å²) in [5.41, 5.74) is 1.30. The van der Waals surface area contributed by atoms with Crippen LogP contribution in [0.1, 0.15) is 70.9 Å². The monoisotopic (exact) mass is 720 g/mol. The number of benzene rings is 4. The third-order valence-electron chi connectivity index (χ3n) is 7.76. The van der Waals surface area contributed by atoms with Crippen molar-refractivity contribution in [1.82, 2.24) is 5.32 Å². The summed E-state index contributed by atoms with van der Waals surface area (Å²) in [7, 11) is 0. The molecule has 0 bridgehead atoms.